The van der Waals surface area contributed by atoms with Crippen molar-refractivity contribution in [3.05, 3.63) is 70.7 Å². The zero-order chi connectivity index (χ0) is 18.0. The van der Waals surface area contributed by atoms with Crippen molar-refractivity contribution in [1.82, 2.24) is 19.7 Å². The van der Waals surface area contributed by atoms with Gasteiger partial charge in [-0.25, -0.2) is 0 Å². The quantitative estimate of drug-likeness (QED) is 0.697. The van der Waals surface area contributed by atoms with E-state index in [-0.39, 0.29) is 18.0 Å². The lowest BCUT2D eigenvalue weighted by molar-refractivity contribution is -0.124. The molecule has 0 aliphatic carbocycles. The predicted octanol–water partition coefficient (Wildman–Crippen LogP) is 4.18. The second kappa shape index (κ2) is 7.27. The lowest BCUT2D eigenvalue weighted by Crippen LogP contribution is -2.33. The van der Waals surface area contributed by atoms with Crippen LogP contribution in [0.15, 0.2) is 59.5 Å². The molecular weight excluding hydrogens is 380 g/mol. The summed E-state index contributed by atoms with van der Waals surface area (Å²) in [7, 11) is 0. The monoisotopic (exact) mass is 400 g/mol. The normalized spacial score (nSPS) is 13.4. The molecule has 5 nitrogen and oxygen atoms in total. The number of hydrogen-bond acceptors (Lipinski definition) is 2. The molecule has 3 aromatic rings. The Balaban J connectivity index is 1.66. The summed E-state index contributed by atoms with van der Waals surface area (Å²) in [6.07, 6.45) is 5.84. The molecule has 1 amide bonds. The highest BCUT2D eigenvalue weighted by Gasteiger charge is 2.19. The van der Waals surface area contributed by atoms with Gasteiger partial charge < -0.3 is 9.88 Å². The van der Waals surface area contributed by atoms with E-state index in [1.165, 1.54) is 0 Å². The lowest BCUT2D eigenvalue weighted by Gasteiger charge is -2.18. The van der Waals surface area contributed by atoms with Gasteiger partial charge in [-0.05, 0) is 66.5 Å². The minimum atomic E-state index is -0.369. The maximum Gasteiger partial charge on any atom is 0.245 e. The first-order chi connectivity index (χ1) is 12.0. The third-order valence-electron chi connectivity index (χ3n) is 4.29. The highest BCUT2D eigenvalue weighted by Crippen LogP contribution is 2.19. The Morgan fingerprint density at radius 3 is 2.36 bits per heavy atom. The number of halogens is 1. The Bertz CT molecular complexity index is 833. The summed E-state index contributed by atoms with van der Waals surface area (Å²) < 4.78 is 4.63. The van der Waals surface area contributed by atoms with Gasteiger partial charge in [0.05, 0.1) is 16.2 Å². The molecule has 2 unspecified atom stereocenters. The summed E-state index contributed by atoms with van der Waals surface area (Å²) >= 11 is 3.43. The van der Waals surface area contributed by atoms with Gasteiger partial charge in [0, 0.05) is 24.3 Å². The number of rotatable bonds is 5. The van der Waals surface area contributed by atoms with Gasteiger partial charge in [0.1, 0.15) is 6.04 Å². The van der Waals surface area contributed by atoms with Gasteiger partial charge >= 0.3 is 0 Å². The van der Waals surface area contributed by atoms with Crippen LogP contribution in [0.3, 0.4) is 0 Å². The number of carbonyl (C=O) groups is 1. The van der Waals surface area contributed by atoms with Crippen LogP contribution in [0.1, 0.15) is 37.2 Å². The molecule has 0 spiro atoms. The number of amides is 1. The number of aromatic nitrogens is 3. The zero-order valence-electron chi connectivity index (χ0n) is 14.5. The number of benzene rings is 1. The Morgan fingerprint density at radius 1 is 1.16 bits per heavy atom. The predicted molar refractivity (Wildman–Crippen MR) is 102 cm³/mol. The zero-order valence-corrected chi connectivity index (χ0v) is 16.1. The Hall–Kier alpha value is -2.34. The molecule has 0 fully saturated rings. The van der Waals surface area contributed by atoms with Gasteiger partial charge in [-0.15, -0.1) is 0 Å². The van der Waals surface area contributed by atoms with Crippen molar-refractivity contribution < 1.29 is 4.79 Å². The molecule has 25 heavy (non-hydrogen) atoms. The summed E-state index contributed by atoms with van der Waals surface area (Å²) in [5.74, 6) is -0.0583. The molecule has 2 heterocycles. The molecule has 0 saturated carbocycles. The molecule has 3 rings (SSSR count). The lowest BCUT2D eigenvalue weighted by atomic mass is 10.1. The van der Waals surface area contributed by atoms with Gasteiger partial charge in [-0.1, -0.05) is 12.1 Å². The van der Waals surface area contributed by atoms with Gasteiger partial charge in [-0.3, -0.25) is 9.48 Å². The molecule has 2 aromatic heterocycles. The van der Waals surface area contributed by atoms with Crippen LogP contribution in [0.25, 0.3) is 5.69 Å². The van der Waals surface area contributed by atoms with Crippen molar-refractivity contribution in [2.45, 2.75) is 32.9 Å². The van der Waals surface area contributed by atoms with Crippen LogP contribution in [-0.2, 0) is 4.79 Å². The molecule has 1 aromatic carbocycles. The molecule has 0 aliphatic heterocycles. The van der Waals surface area contributed by atoms with E-state index >= 15 is 0 Å². The fraction of sp³-hybridized carbons (Fsp3) is 0.263. The highest BCUT2D eigenvalue weighted by molar-refractivity contribution is 9.10. The highest BCUT2D eigenvalue weighted by atomic mass is 79.9. The van der Waals surface area contributed by atoms with E-state index in [0.29, 0.717) is 0 Å². The molecule has 0 aliphatic rings. The molecular formula is C19H21BrN4O. The first-order valence-corrected chi connectivity index (χ1v) is 9.00. The first-order valence-electron chi connectivity index (χ1n) is 8.20. The van der Waals surface area contributed by atoms with Crippen molar-refractivity contribution >= 4 is 21.8 Å². The van der Waals surface area contributed by atoms with Gasteiger partial charge in [0.2, 0.25) is 5.91 Å². The summed E-state index contributed by atoms with van der Waals surface area (Å²) in [6.45, 7) is 5.73. The molecule has 0 bridgehead atoms. The van der Waals surface area contributed by atoms with E-state index in [2.05, 4.69) is 38.5 Å². The number of hydrogen-bond donors (Lipinski definition) is 1. The molecule has 0 radical (unpaired) electrons. The van der Waals surface area contributed by atoms with Crippen molar-refractivity contribution in [1.29, 1.82) is 0 Å². The summed E-state index contributed by atoms with van der Waals surface area (Å²) in [5, 5.41) is 7.41. The maximum atomic E-state index is 12.5. The van der Waals surface area contributed by atoms with E-state index in [1.807, 2.05) is 68.2 Å². The fourth-order valence-corrected chi connectivity index (χ4v) is 2.93. The number of nitrogens with one attached hydrogen (secondary N) is 1. The van der Waals surface area contributed by atoms with Crippen molar-refractivity contribution in [3.63, 3.8) is 0 Å². The molecule has 1 N–H and O–H groups in total. The van der Waals surface area contributed by atoms with E-state index in [0.717, 1.165) is 21.4 Å². The maximum absolute atomic E-state index is 12.5. The Kier molecular flexibility index (Phi) is 5.08. The van der Waals surface area contributed by atoms with Crippen molar-refractivity contribution in [3.8, 4) is 5.69 Å². The molecule has 2 atom stereocenters. The summed E-state index contributed by atoms with van der Waals surface area (Å²) in [5.41, 5.74) is 3.03. The minimum absolute atomic E-state index is 0.0583. The van der Waals surface area contributed by atoms with E-state index in [1.54, 1.807) is 4.68 Å². The summed E-state index contributed by atoms with van der Waals surface area (Å²) in [4.78, 5) is 12.5. The second-order valence-electron chi connectivity index (χ2n) is 6.13. The SMILES string of the molecule is Cc1nn(C(C)C(=O)NC(C)c2ccc(-n3cccc3)cc2)cc1Br. The largest absolute Gasteiger partial charge is 0.348 e. The third-order valence-corrected chi connectivity index (χ3v) is 5.07. The second-order valence-corrected chi connectivity index (χ2v) is 6.98. The number of carbonyl (C=O) groups excluding carboxylic acids is 1. The number of nitrogens with zero attached hydrogens (tertiary/aromatic N) is 3. The van der Waals surface area contributed by atoms with E-state index in [9.17, 15) is 4.79 Å². The van der Waals surface area contributed by atoms with Crippen LogP contribution in [0.5, 0.6) is 0 Å². The van der Waals surface area contributed by atoms with Crippen LogP contribution in [0, 0.1) is 6.92 Å². The van der Waals surface area contributed by atoms with Gasteiger partial charge in [0.15, 0.2) is 0 Å². The standard InChI is InChI=1S/C19H21BrN4O/c1-13(16-6-8-17(9-7-16)23-10-4-5-11-23)21-19(25)15(3)24-12-18(20)14(2)22-24/h4-13,15H,1-3H3,(H,21,25). The van der Waals surface area contributed by atoms with Crippen LogP contribution in [0.2, 0.25) is 0 Å². The topological polar surface area (TPSA) is 51.9 Å². The van der Waals surface area contributed by atoms with E-state index in [4.69, 9.17) is 0 Å². The average molecular weight is 401 g/mol. The van der Waals surface area contributed by atoms with Crippen LogP contribution in [0.4, 0.5) is 0 Å². The minimum Gasteiger partial charge on any atom is -0.348 e. The van der Waals surface area contributed by atoms with Crippen LogP contribution in [-0.4, -0.2) is 20.3 Å². The van der Waals surface area contributed by atoms with Crippen LogP contribution < -0.4 is 5.32 Å². The van der Waals surface area contributed by atoms with Crippen LogP contribution >= 0.6 is 15.9 Å². The number of aryl methyl sites for hydroxylation is 1. The van der Waals surface area contributed by atoms with Gasteiger partial charge in [0.25, 0.3) is 0 Å². The fourth-order valence-electron chi connectivity index (χ4n) is 2.64. The first kappa shape index (κ1) is 17.5. The van der Waals surface area contributed by atoms with Crippen molar-refractivity contribution in [2.75, 3.05) is 0 Å². The van der Waals surface area contributed by atoms with Crippen molar-refractivity contribution in [2.24, 2.45) is 0 Å². The Labute approximate surface area is 155 Å². The van der Waals surface area contributed by atoms with Gasteiger partial charge in [-0.2, -0.15) is 5.10 Å². The third kappa shape index (κ3) is 3.85. The Morgan fingerprint density at radius 2 is 1.80 bits per heavy atom. The average Bonchev–Trinajstić information content (AvgIpc) is 3.25. The smallest absolute Gasteiger partial charge is 0.245 e. The molecule has 130 valence electrons. The summed E-state index contributed by atoms with van der Waals surface area (Å²) in [6, 6.07) is 11.7. The molecule has 6 heteroatoms. The molecule has 0 saturated heterocycles. The van der Waals surface area contributed by atoms with E-state index < -0.39 is 0 Å².